The minimum Gasteiger partial charge on any atom is -0.212 e. The van der Waals surface area contributed by atoms with E-state index in [2.05, 4.69) is 4.72 Å². The standard InChI is InChI=1S/C14H14FNO2S/c15-14-9-5-4-8-13(14)11-19(17,18)16-10-12-6-2-1-3-7-12/h1-9,16H,10-11H2. The van der Waals surface area contributed by atoms with Gasteiger partial charge in [-0.25, -0.2) is 17.5 Å². The Morgan fingerprint density at radius 1 is 0.947 bits per heavy atom. The van der Waals surface area contributed by atoms with Crippen LogP contribution >= 0.6 is 0 Å². The molecule has 100 valence electrons. The molecule has 0 atom stereocenters. The predicted molar refractivity (Wildman–Crippen MR) is 72.3 cm³/mol. The molecule has 19 heavy (non-hydrogen) atoms. The van der Waals surface area contributed by atoms with Crippen molar-refractivity contribution in [1.29, 1.82) is 0 Å². The minimum absolute atomic E-state index is 0.170. The molecule has 0 spiro atoms. The first-order valence-electron chi connectivity index (χ1n) is 5.81. The molecular weight excluding hydrogens is 265 g/mol. The fourth-order valence-electron chi connectivity index (χ4n) is 1.66. The van der Waals surface area contributed by atoms with Crippen molar-refractivity contribution in [2.45, 2.75) is 12.3 Å². The van der Waals surface area contributed by atoms with Crippen molar-refractivity contribution in [3.63, 3.8) is 0 Å². The fraction of sp³-hybridized carbons (Fsp3) is 0.143. The normalized spacial score (nSPS) is 11.4. The maximum atomic E-state index is 13.4. The molecule has 2 aromatic carbocycles. The summed E-state index contributed by atoms with van der Waals surface area (Å²) >= 11 is 0. The maximum Gasteiger partial charge on any atom is 0.216 e. The zero-order valence-electron chi connectivity index (χ0n) is 10.2. The summed E-state index contributed by atoms with van der Waals surface area (Å²) in [5.41, 5.74) is 1.03. The first kappa shape index (κ1) is 13.7. The molecule has 0 saturated heterocycles. The lowest BCUT2D eigenvalue weighted by Gasteiger charge is -2.07. The third-order valence-corrected chi connectivity index (χ3v) is 3.92. The molecule has 0 fully saturated rings. The summed E-state index contributed by atoms with van der Waals surface area (Å²) in [6.45, 7) is 0.206. The number of halogens is 1. The Morgan fingerprint density at radius 2 is 1.58 bits per heavy atom. The molecule has 2 rings (SSSR count). The molecule has 0 amide bonds. The predicted octanol–water partition coefficient (Wildman–Crippen LogP) is 2.45. The number of nitrogens with one attached hydrogen (secondary N) is 1. The second-order valence-corrected chi connectivity index (χ2v) is 5.96. The summed E-state index contributed by atoms with van der Waals surface area (Å²) in [6.07, 6.45) is 0. The van der Waals surface area contributed by atoms with Crippen molar-refractivity contribution < 1.29 is 12.8 Å². The van der Waals surface area contributed by atoms with Gasteiger partial charge in [-0.15, -0.1) is 0 Å². The molecule has 0 aromatic heterocycles. The Morgan fingerprint density at radius 3 is 2.26 bits per heavy atom. The molecule has 0 radical (unpaired) electrons. The first-order chi connectivity index (χ1) is 9.07. The Hall–Kier alpha value is -1.72. The summed E-state index contributed by atoms with van der Waals surface area (Å²) in [4.78, 5) is 0. The first-order valence-corrected chi connectivity index (χ1v) is 7.47. The van der Waals surface area contributed by atoms with E-state index < -0.39 is 15.8 Å². The van der Waals surface area contributed by atoms with Gasteiger partial charge in [0, 0.05) is 12.1 Å². The van der Waals surface area contributed by atoms with Crippen LogP contribution in [-0.2, 0) is 22.3 Å². The van der Waals surface area contributed by atoms with E-state index >= 15 is 0 Å². The smallest absolute Gasteiger partial charge is 0.212 e. The quantitative estimate of drug-likeness (QED) is 0.913. The van der Waals surface area contributed by atoms with Gasteiger partial charge < -0.3 is 0 Å². The summed E-state index contributed by atoms with van der Waals surface area (Å²) in [6, 6.07) is 15.0. The van der Waals surface area contributed by atoms with Crippen LogP contribution in [-0.4, -0.2) is 8.42 Å². The average molecular weight is 279 g/mol. The van der Waals surface area contributed by atoms with Crippen LogP contribution in [0.15, 0.2) is 54.6 Å². The van der Waals surface area contributed by atoms with E-state index in [1.807, 2.05) is 30.3 Å². The largest absolute Gasteiger partial charge is 0.216 e. The maximum absolute atomic E-state index is 13.4. The Bertz CT molecular complexity index is 642. The molecule has 0 aliphatic rings. The van der Waals surface area contributed by atoms with Crippen molar-refractivity contribution >= 4 is 10.0 Å². The van der Waals surface area contributed by atoms with E-state index in [9.17, 15) is 12.8 Å². The van der Waals surface area contributed by atoms with Crippen molar-refractivity contribution in [2.75, 3.05) is 0 Å². The molecule has 0 aliphatic heterocycles. The van der Waals surface area contributed by atoms with Crippen LogP contribution in [0.25, 0.3) is 0 Å². The lowest BCUT2D eigenvalue weighted by molar-refractivity contribution is 0.574. The van der Waals surface area contributed by atoms with Crippen molar-refractivity contribution in [3.8, 4) is 0 Å². The van der Waals surface area contributed by atoms with Crippen molar-refractivity contribution in [2.24, 2.45) is 0 Å². The Balaban J connectivity index is 2.02. The van der Waals surface area contributed by atoms with E-state index in [0.29, 0.717) is 0 Å². The van der Waals surface area contributed by atoms with Crippen LogP contribution in [0.5, 0.6) is 0 Å². The van der Waals surface area contributed by atoms with E-state index in [-0.39, 0.29) is 17.9 Å². The monoisotopic (exact) mass is 279 g/mol. The molecule has 1 N–H and O–H groups in total. The van der Waals surface area contributed by atoms with Crippen LogP contribution < -0.4 is 4.72 Å². The summed E-state index contributed by atoms with van der Waals surface area (Å²) in [5, 5.41) is 0. The third-order valence-electron chi connectivity index (χ3n) is 2.64. The summed E-state index contributed by atoms with van der Waals surface area (Å²) in [5.74, 6) is -0.862. The lowest BCUT2D eigenvalue weighted by atomic mass is 10.2. The summed E-state index contributed by atoms with van der Waals surface area (Å²) < 4.78 is 39.5. The highest BCUT2D eigenvalue weighted by atomic mass is 32.2. The van der Waals surface area contributed by atoms with Gasteiger partial charge in [-0.2, -0.15) is 0 Å². The van der Waals surface area contributed by atoms with Crippen LogP contribution in [0, 0.1) is 5.82 Å². The van der Waals surface area contributed by atoms with Gasteiger partial charge in [0.25, 0.3) is 0 Å². The summed E-state index contributed by atoms with van der Waals surface area (Å²) in [7, 11) is -3.55. The lowest BCUT2D eigenvalue weighted by Crippen LogP contribution is -2.25. The highest BCUT2D eigenvalue weighted by Gasteiger charge is 2.13. The van der Waals surface area contributed by atoms with Gasteiger partial charge in [0.05, 0.1) is 5.75 Å². The molecule has 5 heteroatoms. The van der Waals surface area contributed by atoms with E-state index in [4.69, 9.17) is 0 Å². The zero-order valence-corrected chi connectivity index (χ0v) is 11.0. The number of rotatable bonds is 5. The molecule has 3 nitrogen and oxygen atoms in total. The fourth-order valence-corrected chi connectivity index (χ4v) is 2.79. The average Bonchev–Trinajstić information content (AvgIpc) is 2.40. The van der Waals surface area contributed by atoms with E-state index in [1.54, 1.807) is 6.07 Å². The highest BCUT2D eigenvalue weighted by molar-refractivity contribution is 7.88. The second-order valence-electron chi connectivity index (χ2n) is 4.16. The van der Waals surface area contributed by atoms with Gasteiger partial charge in [-0.3, -0.25) is 0 Å². The van der Waals surface area contributed by atoms with Gasteiger partial charge in [-0.1, -0.05) is 48.5 Å². The molecule has 0 bridgehead atoms. The van der Waals surface area contributed by atoms with Crippen LogP contribution in [0.2, 0.25) is 0 Å². The molecule has 0 unspecified atom stereocenters. The van der Waals surface area contributed by atoms with Crippen LogP contribution in [0.3, 0.4) is 0 Å². The van der Waals surface area contributed by atoms with Gasteiger partial charge in [-0.05, 0) is 11.6 Å². The van der Waals surface area contributed by atoms with Crippen LogP contribution in [0.4, 0.5) is 4.39 Å². The van der Waals surface area contributed by atoms with E-state index in [1.165, 1.54) is 18.2 Å². The highest BCUT2D eigenvalue weighted by Crippen LogP contribution is 2.10. The minimum atomic E-state index is -3.55. The SMILES string of the molecule is O=S(=O)(Cc1ccccc1F)NCc1ccccc1. The Kier molecular flexibility index (Phi) is 4.29. The number of sulfonamides is 1. The second kappa shape index (κ2) is 5.95. The molecule has 2 aromatic rings. The van der Waals surface area contributed by atoms with Crippen molar-refractivity contribution in [3.05, 3.63) is 71.5 Å². The molecule has 0 saturated carbocycles. The van der Waals surface area contributed by atoms with Gasteiger partial charge in [0.2, 0.25) is 10.0 Å². The zero-order chi connectivity index (χ0) is 13.7. The number of hydrogen-bond donors (Lipinski definition) is 1. The number of hydrogen-bond acceptors (Lipinski definition) is 2. The van der Waals surface area contributed by atoms with E-state index in [0.717, 1.165) is 5.56 Å². The third kappa shape index (κ3) is 4.15. The number of benzene rings is 2. The Labute approximate surface area is 112 Å². The van der Waals surface area contributed by atoms with Crippen molar-refractivity contribution in [1.82, 2.24) is 4.72 Å². The molecule has 0 heterocycles. The van der Waals surface area contributed by atoms with Gasteiger partial charge >= 0.3 is 0 Å². The van der Waals surface area contributed by atoms with Crippen LogP contribution in [0.1, 0.15) is 11.1 Å². The van der Waals surface area contributed by atoms with Gasteiger partial charge in [0.15, 0.2) is 0 Å². The van der Waals surface area contributed by atoms with Gasteiger partial charge in [0.1, 0.15) is 5.82 Å². The molecular formula is C14H14FNO2S. The molecule has 0 aliphatic carbocycles. The topological polar surface area (TPSA) is 46.2 Å².